The standard InChI is InChI=1S/C10H19NO/c12-10(6-8-3-4-8)9-2-1-5-11-7-9/h8-12H,1-7H2. The van der Waals surface area contributed by atoms with Gasteiger partial charge in [-0.2, -0.15) is 0 Å². The van der Waals surface area contributed by atoms with Gasteiger partial charge in [0.2, 0.25) is 0 Å². The third kappa shape index (κ3) is 2.20. The van der Waals surface area contributed by atoms with Crippen LogP contribution in [-0.2, 0) is 0 Å². The van der Waals surface area contributed by atoms with Crippen LogP contribution in [0.1, 0.15) is 32.1 Å². The zero-order valence-electron chi connectivity index (χ0n) is 7.63. The van der Waals surface area contributed by atoms with Crippen molar-refractivity contribution in [2.75, 3.05) is 13.1 Å². The van der Waals surface area contributed by atoms with E-state index in [2.05, 4.69) is 5.32 Å². The molecule has 12 heavy (non-hydrogen) atoms. The molecule has 0 aromatic rings. The molecule has 70 valence electrons. The molecule has 2 heteroatoms. The predicted octanol–water partition coefficient (Wildman–Crippen LogP) is 1.15. The Morgan fingerprint density at radius 1 is 1.33 bits per heavy atom. The molecule has 2 atom stereocenters. The average Bonchev–Trinajstić information content (AvgIpc) is 2.90. The summed E-state index contributed by atoms with van der Waals surface area (Å²) in [4.78, 5) is 0. The minimum atomic E-state index is -0.0229. The van der Waals surface area contributed by atoms with Gasteiger partial charge < -0.3 is 10.4 Å². The van der Waals surface area contributed by atoms with Gasteiger partial charge in [-0.05, 0) is 37.6 Å². The molecule has 0 amide bonds. The summed E-state index contributed by atoms with van der Waals surface area (Å²) in [6, 6.07) is 0. The van der Waals surface area contributed by atoms with Crippen LogP contribution in [0.2, 0.25) is 0 Å². The Labute approximate surface area is 74.4 Å². The van der Waals surface area contributed by atoms with Crippen LogP contribution in [0, 0.1) is 11.8 Å². The molecule has 2 aliphatic rings. The summed E-state index contributed by atoms with van der Waals surface area (Å²) < 4.78 is 0. The van der Waals surface area contributed by atoms with Gasteiger partial charge >= 0.3 is 0 Å². The van der Waals surface area contributed by atoms with E-state index in [1.165, 1.54) is 25.7 Å². The number of piperidine rings is 1. The fraction of sp³-hybridized carbons (Fsp3) is 1.00. The second kappa shape index (κ2) is 3.75. The van der Waals surface area contributed by atoms with Gasteiger partial charge in [-0.15, -0.1) is 0 Å². The zero-order valence-corrected chi connectivity index (χ0v) is 7.63. The van der Waals surface area contributed by atoms with E-state index >= 15 is 0 Å². The molecule has 2 fully saturated rings. The normalized spacial score (nSPS) is 33.2. The summed E-state index contributed by atoms with van der Waals surface area (Å²) in [7, 11) is 0. The maximum atomic E-state index is 9.84. The highest BCUT2D eigenvalue weighted by Crippen LogP contribution is 2.35. The van der Waals surface area contributed by atoms with E-state index < -0.39 is 0 Å². The van der Waals surface area contributed by atoms with Gasteiger partial charge in [-0.25, -0.2) is 0 Å². The Balaban J connectivity index is 1.72. The van der Waals surface area contributed by atoms with Gasteiger partial charge in [0.15, 0.2) is 0 Å². The molecule has 1 saturated heterocycles. The lowest BCUT2D eigenvalue weighted by atomic mass is 9.91. The fourth-order valence-corrected chi connectivity index (χ4v) is 2.09. The second-order valence-electron chi connectivity index (χ2n) is 4.35. The van der Waals surface area contributed by atoms with E-state index in [4.69, 9.17) is 0 Å². The van der Waals surface area contributed by atoms with Crippen molar-refractivity contribution in [3.8, 4) is 0 Å². The minimum absolute atomic E-state index is 0.0229. The van der Waals surface area contributed by atoms with E-state index in [1.54, 1.807) is 0 Å². The van der Waals surface area contributed by atoms with Crippen molar-refractivity contribution in [2.24, 2.45) is 11.8 Å². The Bertz CT molecular complexity index is 139. The van der Waals surface area contributed by atoms with Crippen molar-refractivity contribution in [3.05, 3.63) is 0 Å². The molecule has 1 saturated carbocycles. The lowest BCUT2D eigenvalue weighted by molar-refractivity contribution is 0.0791. The van der Waals surface area contributed by atoms with Gasteiger partial charge in [0.1, 0.15) is 0 Å². The molecule has 0 spiro atoms. The predicted molar refractivity (Wildman–Crippen MR) is 48.9 cm³/mol. The summed E-state index contributed by atoms with van der Waals surface area (Å²) >= 11 is 0. The molecular weight excluding hydrogens is 150 g/mol. The fourth-order valence-electron chi connectivity index (χ4n) is 2.09. The van der Waals surface area contributed by atoms with Crippen molar-refractivity contribution >= 4 is 0 Å². The van der Waals surface area contributed by atoms with Crippen molar-refractivity contribution in [1.29, 1.82) is 0 Å². The van der Waals surface area contributed by atoms with Crippen LogP contribution >= 0.6 is 0 Å². The highest BCUT2D eigenvalue weighted by Gasteiger charge is 2.29. The molecule has 1 aliphatic carbocycles. The lowest BCUT2D eigenvalue weighted by Crippen LogP contribution is -2.36. The molecule has 1 heterocycles. The largest absolute Gasteiger partial charge is 0.393 e. The van der Waals surface area contributed by atoms with Gasteiger partial charge in [-0.1, -0.05) is 12.8 Å². The van der Waals surface area contributed by atoms with Crippen molar-refractivity contribution in [1.82, 2.24) is 5.32 Å². The Morgan fingerprint density at radius 3 is 2.75 bits per heavy atom. The molecule has 2 unspecified atom stereocenters. The van der Waals surface area contributed by atoms with Crippen LogP contribution in [0.4, 0.5) is 0 Å². The van der Waals surface area contributed by atoms with E-state index in [-0.39, 0.29) is 6.10 Å². The molecule has 0 bridgehead atoms. The SMILES string of the molecule is OC(CC1CC1)C1CCCNC1. The maximum absolute atomic E-state index is 9.84. The Morgan fingerprint density at radius 2 is 2.17 bits per heavy atom. The number of rotatable bonds is 3. The van der Waals surface area contributed by atoms with Gasteiger partial charge in [0, 0.05) is 6.54 Å². The lowest BCUT2D eigenvalue weighted by Gasteiger charge is -2.27. The van der Waals surface area contributed by atoms with Crippen molar-refractivity contribution in [3.63, 3.8) is 0 Å². The Kier molecular flexibility index (Phi) is 2.66. The average molecular weight is 169 g/mol. The molecule has 2 nitrogen and oxygen atoms in total. The monoisotopic (exact) mass is 169 g/mol. The third-order valence-electron chi connectivity index (χ3n) is 3.15. The summed E-state index contributed by atoms with van der Waals surface area (Å²) in [5.41, 5.74) is 0. The number of aliphatic hydroxyl groups excluding tert-OH is 1. The molecule has 0 radical (unpaired) electrons. The number of aliphatic hydroxyl groups is 1. The van der Waals surface area contributed by atoms with Crippen LogP contribution in [-0.4, -0.2) is 24.3 Å². The summed E-state index contributed by atoms with van der Waals surface area (Å²) in [6.45, 7) is 2.18. The first-order valence-corrected chi connectivity index (χ1v) is 5.25. The zero-order chi connectivity index (χ0) is 8.39. The quantitative estimate of drug-likeness (QED) is 0.664. The van der Waals surface area contributed by atoms with Crippen LogP contribution in [0.15, 0.2) is 0 Å². The van der Waals surface area contributed by atoms with E-state index in [1.807, 2.05) is 0 Å². The highest BCUT2D eigenvalue weighted by atomic mass is 16.3. The molecule has 2 N–H and O–H groups in total. The smallest absolute Gasteiger partial charge is 0.0583 e. The third-order valence-corrected chi connectivity index (χ3v) is 3.15. The summed E-state index contributed by atoms with van der Waals surface area (Å²) in [5, 5.41) is 13.2. The van der Waals surface area contributed by atoms with E-state index in [0.29, 0.717) is 5.92 Å². The maximum Gasteiger partial charge on any atom is 0.0583 e. The Hall–Kier alpha value is -0.0800. The van der Waals surface area contributed by atoms with E-state index in [0.717, 1.165) is 25.4 Å². The van der Waals surface area contributed by atoms with Crippen molar-refractivity contribution in [2.45, 2.75) is 38.2 Å². The molecule has 1 aliphatic heterocycles. The van der Waals surface area contributed by atoms with Gasteiger partial charge in [-0.3, -0.25) is 0 Å². The number of nitrogens with one attached hydrogen (secondary N) is 1. The topological polar surface area (TPSA) is 32.3 Å². The molecule has 2 rings (SSSR count). The van der Waals surface area contributed by atoms with Crippen LogP contribution in [0.25, 0.3) is 0 Å². The number of hydrogen-bond acceptors (Lipinski definition) is 2. The number of hydrogen-bond donors (Lipinski definition) is 2. The first-order chi connectivity index (χ1) is 5.86. The van der Waals surface area contributed by atoms with Crippen molar-refractivity contribution < 1.29 is 5.11 Å². The first-order valence-electron chi connectivity index (χ1n) is 5.25. The first kappa shape index (κ1) is 8.52. The summed E-state index contributed by atoms with van der Waals surface area (Å²) in [5.74, 6) is 1.40. The molecule has 0 aromatic carbocycles. The summed E-state index contributed by atoms with van der Waals surface area (Å²) in [6.07, 6.45) is 6.22. The second-order valence-corrected chi connectivity index (χ2v) is 4.35. The van der Waals surface area contributed by atoms with Crippen LogP contribution in [0.5, 0.6) is 0 Å². The van der Waals surface area contributed by atoms with Gasteiger partial charge in [0.05, 0.1) is 6.10 Å². The van der Waals surface area contributed by atoms with Crippen LogP contribution < -0.4 is 5.32 Å². The highest BCUT2D eigenvalue weighted by molar-refractivity contribution is 4.82. The van der Waals surface area contributed by atoms with Crippen LogP contribution in [0.3, 0.4) is 0 Å². The van der Waals surface area contributed by atoms with E-state index in [9.17, 15) is 5.11 Å². The minimum Gasteiger partial charge on any atom is -0.393 e. The van der Waals surface area contributed by atoms with Gasteiger partial charge in [0.25, 0.3) is 0 Å². The molecular formula is C10H19NO. The molecule has 0 aromatic heterocycles.